The second-order valence-electron chi connectivity index (χ2n) is 9.59. The van der Waals surface area contributed by atoms with Crippen molar-refractivity contribution in [2.45, 2.75) is 58.5 Å². The summed E-state index contributed by atoms with van der Waals surface area (Å²) in [5.41, 5.74) is -2.41. The van der Waals surface area contributed by atoms with Crippen LogP contribution in [0, 0.1) is 17.2 Å². The van der Waals surface area contributed by atoms with Gasteiger partial charge in [0.2, 0.25) is 5.91 Å². The summed E-state index contributed by atoms with van der Waals surface area (Å²) >= 11 is 0. The molecule has 1 amide bonds. The van der Waals surface area contributed by atoms with E-state index in [0.717, 1.165) is 30.7 Å². The van der Waals surface area contributed by atoms with Gasteiger partial charge >= 0.3 is 6.18 Å². The Morgan fingerprint density at radius 2 is 1.82 bits per heavy atom. The van der Waals surface area contributed by atoms with Crippen molar-refractivity contribution in [2.24, 2.45) is 5.92 Å². The lowest BCUT2D eigenvalue weighted by molar-refractivity contribution is -0.139. The maximum Gasteiger partial charge on any atom is 0.417 e. The molecule has 38 heavy (non-hydrogen) atoms. The number of amides is 1. The molecule has 0 spiro atoms. The number of hydrogen-bond acceptors (Lipinski definition) is 8. The van der Waals surface area contributed by atoms with E-state index >= 15 is 0 Å². The number of nitrogens with zero attached hydrogens (tertiary/aromatic N) is 2. The van der Waals surface area contributed by atoms with Gasteiger partial charge < -0.3 is 10.1 Å². The molecule has 0 radical (unpaired) electrons. The number of benzene rings is 1. The fraction of sp³-hybridized carbons (Fsp3) is 0.458. The summed E-state index contributed by atoms with van der Waals surface area (Å²) in [6.45, 7) is 0. The molecule has 1 N–H and O–H groups in total. The largest absolute Gasteiger partial charge is 0.417 e. The average molecular weight is 572 g/mol. The Balaban J connectivity index is 1.69. The third kappa shape index (κ3) is 5.41. The summed E-state index contributed by atoms with van der Waals surface area (Å²) in [5, 5.41) is 10.5. The van der Waals surface area contributed by atoms with E-state index in [1.165, 1.54) is 13.3 Å². The summed E-state index contributed by atoms with van der Waals surface area (Å²) in [5.74, 6) is -1.53. The molecule has 1 aromatic heterocycles. The maximum absolute atomic E-state index is 14.1. The molecule has 9 nitrogen and oxygen atoms in total. The molecule has 0 bridgehead atoms. The predicted molar refractivity (Wildman–Crippen MR) is 128 cm³/mol. The molecule has 2 aliphatic rings. The Hall–Kier alpha value is -3.02. The number of halogens is 3. The third-order valence-corrected chi connectivity index (χ3v) is 10.2. The first-order valence-corrected chi connectivity index (χ1v) is 14.9. The van der Waals surface area contributed by atoms with Crippen LogP contribution in [-0.4, -0.2) is 58.0 Å². The zero-order valence-electron chi connectivity index (χ0n) is 20.3. The Morgan fingerprint density at radius 1 is 1.13 bits per heavy atom. The molecule has 2 fully saturated rings. The first-order valence-electron chi connectivity index (χ1n) is 11.5. The number of sulfone groups is 2. The molecule has 0 aliphatic heterocycles. The topological polar surface area (TPSA) is 143 Å². The summed E-state index contributed by atoms with van der Waals surface area (Å²) in [6, 6.07) is 5.80. The van der Waals surface area contributed by atoms with E-state index in [1.54, 1.807) is 0 Å². The number of alkyl halides is 3. The highest BCUT2D eigenvalue weighted by Crippen LogP contribution is 2.43. The minimum absolute atomic E-state index is 0.0610. The molecular weight excluding hydrogens is 547 g/mol. The van der Waals surface area contributed by atoms with Crippen LogP contribution < -0.4 is 5.32 Å². The van der Waals surface area contributed by atoms with Crippen LogP contribution in [0.2, 0.25) is 0 Å². The number of carbonyl (C=O) groups excluding carboxylic acids is 1. The van der Waals surface area contributed by atoms with Crippen LogP contribution in [0.5, 0.6) is 0 Å². The number of ether oxygens (including phenoxy) is 1. The Morgan fingerprint density at radius 3 is 2.37 bits per heavy atom. The van der Waals surface area contributed by atoms with Gasteiger partial charge in [-0.3, -0.25) is 9.78 Å². The van der Waals surface area contributed by atoms with E-state index in [2.05, 4.69) is 10.3 Å². The number of aromatic nitrogens is 1. The molecular formula is C24H24F3N3O6S2. The van der Waals surface area contributed by atoms with E-state index in [9.17, 15) is 40.1 Å². The van der Waals surface area contributed by atoms with Crippen LogP contribution >= 0.6 is 0 Å². The Labute approximate surface area is 217 Å². The van der Waals surface area contributed by atoms with Crippen molar-refractivity contribution in [3.05, 3.63) is 42.2 Å². The lowest BCUT2D eigenvalue weighted by Gasteiger charge is -2.19. The number of pyridine rings is 1. The van der Waals surface area contributed by atoms with Crippen molar-refractivity contribution in [2.75, 3.05) is 13.4 Å². The summed E-state index contributed by atoms with van der Waals surface area (Å²) in [7, 11) is -6.99. The summed E-state index contributed by atoms with van der Waals surface area (Å²) < 4.78 is 98.3. The van der Waals surface area contributed by atoms with Crippen LogP contribution in [0.15, 0.2) is 46.5 Å². The van der Waals surface area contributed by atoms with Gasteiger partial charge in [-0.05, 0) is 49.4 Å². The van der Waals surface area contributed by atoms with E-state index in [0.29, 0.717) is 18.9 Å². The van der Waals surface area contributed by atoms with Gasteiger partial charge in [-0.1, -0.05) is 6.07 Å². The minimum atomic E-state index is -5.05. The van der Waals surface area contributed by atoms with Gasteiger partial charge in [0.25, 0.3) is 0 Å². The molecule has 14 heteroatoms. The van der Waals surface area contributed by atoms with Crippen molar-refractivity contribution in [1.29, 1.82) is 5.26 Å². The highest BCUT2D eigenvalue weighted by Gasteiger charge is 2.51. The van der Waals surface area contributed by atoms with E-state index < -0.39 is 65.0 Å². The minimum Gasteiger partial charge on any atom is -0.381 e. The maximum atomic E-state index is 14.1. The fourth-order valence-corrected chi connectivity index (χ4v) is 7.20. The number of rotatable bonds is 7. The van der Waals surface area contributed by atoms with Crippen LogP contribution in [0.4, 0.5) is 13.2 Å². The van der Waals surface area contributed by atoms with Crippen LogP contribution in [0.25, 0.3) is 11.1 Å². The molecule has 3 atom stereocenters. The molecule has 1 aromatic carbocycles. The highest BCUT2D eigenvalue weighted by atomic mass is 32.2. The number of methoxy groups -OCH3 is 1. The summed E-state index contributed by atoms with van der Waals surface area (Å²) in [6.07, 6.45) is -2.29. The first-order chi connectivity index (χ1) is 17.6. The van der Waals surface area contributed by atoms with Crippen molar-refractivity contribution >= 4 is 25.6 Å². The van der Waals surface area contributed by atoms with E-state index in [4.69, 9.17) is 4.74 Å². The lowest BCUT2D eigenvalue weighted by atomic mass is 10.0. The van der Waals surface area contributed by atoms with Gasteiger partial charge in [-0.2, -0.15) is 18.4 Å². The SMILES string of the molecule is CO[C@H]1C[C@@H](S(=O)(=O)c2ccc(-c3cncc(S(C)(=O)=O)c3)cc2C(F)(F)F)C[C@@H]1C(=O)NC1(C#N)CC1. The molecule has 1 heterocycles. The molecule has 0 unspecified atom stereocenters. The average Bonchev–Trinajstić information content (AvgIpc) is 3.48. The van der Waals surface area contributed by atoms with Crippen LogP contribution in [0.3, 0.4) is 0 Å². The summed E-state index contributed by atoms with van der Waals surface area (Å²) in [4.78, 5) is 15.4. The molecule has 204 valence electrons. The van der Waals surface area contributed by atoms with Gasteiger partial charge in [0.1, 0.15) is 5.54 Å². The lowest BCUT2D eigenvalue weighted by Crippen LogP contribution is -2.42. The first kappa shape index (κ1) is 28.0. The standard InChI is InChI=1S/C24H24F3N3O6S2/c1-36-20-10-16(9-18(20)22(31)30-23(13-28)5-6-23)38(34,35)21-4-3-14(8-19(21)24(25,26)27)15-7-17(12-29-11-15)37(2,32)33/h3-4,7-8,11-12,16,18,20H,5-6,9-10H2,1-2H3,(H,30,31)/t16-,18-,20-/m0/s1. The molecule has 4 rings (SSSR count). The number of carbonyl (C=O) groups is 1. The normalized spacial score (nSPS) is 23.0. The second kappa shape index (κ2) is 9.62. The number of nitriles is 1. The fourth-order valence-electron chi connectivity index (χ4n) is 4.60. The predicted octanol–water partition coefficient (Wildman–Crippen LogP) is 2.91. The molecule has 2 aliphatic carbocycles. The van der Waals surface area contributed by atoms with Gasteiger partial charge in [0.05, 0.1) is 38.7 Å². The Kier molecular flexibility index (Phi) is 7.09. The third-order valence-electron chi connectivity index (χ3n) is 6.93. The monoisotopic (exact) mass is 571 g/mol. The quantitative estimate of drug-likeness (QED) is 0.535. The van der Waals surface area contributed by atoms with Gasteiger partial charge in [-0.15, -0.1) is 0 Å². The Bertz CT molecular complexity index is 1530. The van der Waals surface area contributed by atoms with Crippen molar-refractivity contribution in [3.63, 3.8) is 0 Å². The van der Waals surface area contributed by atoms with Crippen LogP contribution in [-0.2, 0) is 35.4 Å². The van der Waals surface area contributed by atoms with Gasteiger partial charge in [0.15, 0.2) is 19.7 Å². The van der Waals surface area contributed by atoms with E-state index in [-0.39, 0.29) is 28.9 Å². The van der Waals surface area contributed by atoms with Gasteiger partial charge in [0, 0.05) is 31.3 Å². The molecule has 2 saturated carbocycles. The number of nitrogens with one attached hydrogen (secondary N) is 1. The van der Waals surface area contributed by atoms with Crippen molar-refractivity contribution < 1.29 is 39.5 Å². The zero-order valence-corrected chi connectivity index (χ0v) is 22.0. The van der Waals surface area contributed by atoms with Crippen molar-refractivity contribution in [3.8, 4) is 17.2 Å². The van der Waals surface area contributed by atoms with Crippen LogP contribution in [0.1, 0.15) is 31.2 Å². The van der Waals surface area contributed by atoms with E-state index in [1.807, 2.05) is 6.07 Å². The van der Waals surface area contributed by atoms with Gasteiger partial charge in [-0.25, -0.2) is 16.8 Å². The highest BCUT2D eigenvalue weighted by molar-refractivity contribution is 7.92. The van der Waals surface area contributed by atoms with Crippen molar-refractivity contribution in [1.82, 2.24) is 10.3 Å². The molecule has 0 saturated heterocycles. The zero-order chi connectivity index (χ0) is 28.1. The molecule has 2 aromatic rings. The number of hydrogen-bond donors (Lipinski definition) is 1. The smallest absolute Gasteiger partial charge is 0.381 e. The second-order valence-corrected chi connectivity index (χ2v) is 13.8.